The third-order valence-corrected chi connectivity index (χ3v) is 6.16. The van der Waals surface area contributed by atoms with Gasteiger partial charge in [-0.15, -0.1) is 0 Å². The van der Waals surface area contributed by atoms with E-state index in [4.69, 9.17) is 19.6 Å². The largest absolute Gasteiger partial charge is 0.235 e. The molecule has 0 spiro atoms. The van der Waals surface area contributed by atoms with Crippen LogP contribution in [0.15, 0.2) is 84.9 Å². The second-order valence-corrected chi connectivity index (χ2v) is 9.96. The molecule has 3 aromatic rings. The van der Waals surface area contributed by atoms with Crippen molar-refractivity contribution in [2.75, 3.05) is 13.2 Å². The van der Waals surface area contributed by atoms with E-state index in [1.165, 1.54) is 11.1 Å². The molecule has 0 fully saturated rings. The summed E-state index contributed by atoms with van der Waals surface area (Å²) in [4.78, 5) is 22.9. The Balaban J connectivity index is 1.50. The molecule has 0 heterocycles. The quantitative estimate of drug-likeness (QED) is 0.204. The highest BCUT2D eigenvalue weighted by molar-refractivity contribution is 5.28. The van der Waals surface area contributed by atoms with Crippen LogP contribution in [0.25, 0.3) is 0 Å². The fourth-order valence-electron chi connectivity index (χ4n) is 3.71. The van der Waals surface area contributed by atoms with Crippen LogP contribution in [0.5, 0.6) is 0 Å². The molecule has 0 bridgehead atoms. The summed E-state index contributed by atoms with van der Waals surface area (Å²) in [6.45, 7) is 13.3. The monoisotopic (exact) mass is 462 g/mol. The van der Waals surface area contributed by atoms with E-state index in [9.17, 15) is 0 Å². The zero-order valence-corrected chi connectivity index (χ0v) is 21.3. The van der Waals surface area contributed by atoms with Gasteiger partial charge < -0.3 is 0 Å². The summed E-state index contributed by atoms with van der Waals surface area (Å²) in [5.74, 6) is 0.376. The maximum atomic E-state index is 5.77. The summed E-state index contributed by atoms with van der Waals surface area (Å²) < 4.78 is 0. The number of hydrogen-bond acceptors (Lipinski definition) is 4. The van der Waals surface area contributed by atoms with Crippen molar-refractivity contribution in [1.29, 1.82) is 0 Å². The molecule has 0 aromatic heterocycles. The first-order valence-corrected chi connectivity index (χ1v) is 12.0. The maximum Gasteiger partial charge on any atom is 0.123 e. The van der Waals surface area contributed by atoms with E-state index < -0.39 is 11.2 Å². The van der Waals surface area contributed by atoms with Gasteiger partial charge in [0.25, 0.3) is 0 Å². The smallest absolute Gasteiger partial charge is 0.123 e. The van der Waals surface area contributed by atoms with Crippen LogP contribution in [0.3, 0.4) is 0 Å². The van der Waals surface area contributed by atoms with E-state index in [1.807, 2.05) is 88.4 Å². The molecule has 2 unspecified atom stereocenters. The van der Waals surface area contributed by atoms with E-state index in [0.717, 1.165) is 11.1 Å². The number of benzene rings is 3. The molecular weight excluding hydrogens is 424 g/mol. The third-order valence-electron chi connectivity index (χ3n) is 6.16. The van der Waals surface area contributed by atoms with E-state index in [1.54, 1.807) is 0 Å². The molecular formula is C30H38O4. The Morgan fingerprint density at radius 3 is 1.32 bits per heavy atom. The van der Waals surface area contributed by atoms with E-state index in [0.29, 0.717) is 13.2 Å². The van der Waals surface area contributed by atoms with Crippen molar-refractivity contribution in [3.63, 3.8) is 0 Å². The standard InChI is InChI=1S/C30H38O4/c1-23(21-31-33-29(3,4)27-16-9-7-10-17-27)25-14-13-15-26(20-25)24(2)22-32-34-30(5,6)28-18-11-8-12-19-28/h7-20,23-24H,21-22H2,1-6H3. The van der Waals surface area contributed by atoms with Crippen LogP contribution in [-0.4, -0.2) is 13.2 Å². The first kappa shape index (κ1) is 26.1. The Morgan fingerprint density at radius 1 is 0.559 bits per heavy atom. The van der Waals surface area contributed by atoms with Gasteiger partial charge in [-0.05, 0) is 49.9 Å². The topological polar surface area (TPSA) is 36.9 Å². The second kappa shape index (κ2) is 11.8. The highest BCUT2D eigenvalue weighted by Crippen LogP contribution is 2.28. The van der Waals surface area contributed by atoms with Crippen molar-refractivity contribution in [3.05, 3.63) is 107 Å². The van der Waals surface area contributed by atoms with Crippen LogP contribution >= 0.6 is 0 Å². The lowest BCUT2D eigenvalue weighted by atomic mass is 9.95. The predicted molar refractivity (Wildman–Crippen MR) is 136 cm³/mol. The van der Waals surface area contributed by atoms with Gasteiger partial charge in [-0.3, -0.25) is 0 Å². The summed E-state index contributed by atoms with van der Waals surface area (Å²) in [6.07, 6.45) is 0. The molecule has 0 aliphatic carbocycles. The highest BCUT2D eigenvalue weighted by atomic mass is 17.2. The molecule has 4 heteroatoms. The Labute approximate surface area is 204 Å². The van der Waals surface area contributed by atoms with Crippen molar-refractivity contribution < 1.29 is 19.6 Å². The van der Waals surface area contributed by atoms with Gasteiger partial charge in [0.1, 0.15) is 11.2 Å². The Morgan fingerprint density at radius 2 is 0.941 bits per heavy atom. The average molecular weight is 463 g/mol. The highest BCUT2D eigenvalue weighted by Gasteiger charge is 2.24. The van der Waals surface area contributed by atoms with Crippen LogP contribution in [0.4, 0.5) is 0 Å². The summed E-state index contributed by atoms with van der Waals surface area (Å²) in [5.41, 5.74) is 3.55. The summed E-state index contributed by atoms with van der Waals surface area (Å²) in [7, 11) is 0. The molecule has 0 aliphatic heterocycles. The van der Waals surface area contributed by atoms with Crippen LogP contribution in [0.2, 0.25) is 0 Å². The molecule has 0 saturated carbocycles. The summed E-state index contributed by atoms with van der Waals surface area (Å²) in [5, 5.41) is 0. The minimum absolute atomic E-state index is 0.188. The van der Waals surface area contributed by atoms with Gasteiger partial charge in [0.15, 0.2) is 0 Å². The molecule has 0 radical (unpaired) electrons. The van der Waals surface area contributed by atoms with E-state index >= 15 is 0 Å². The summed E-state index contributed by atoms with van der Waals surface area (Å²) in [6, 6.07) is 28.8. The van der Waals surface area contributed by atoms with E-state index in [2.05, 4.69) is 38.1 Å². The molecule has 4 nitrogen and oxygen atoms in total. The van der Waals surface area contributed by atoms with Gasteiger partial charge in [-0.1, -0.05) is 98.8 Å². The van der Waals surface area contributed by atoms with Gasteiger partial charge >= 0.3 is 0 Å². The zero-order valence-electron chi connectivity index (χ0n) is 21.3. The van der Waals surface area contributed by atoms with Crippen molar-refractivity contribution in [2.24, 2.45) is 0 Å². The van der Waals surface area contributed by atoms with Crippen molar-refractivity contribution in [2.45, 2.75) is 64.6 Å². The second-order valence-electron chi connectivity index (χ2n) is 9.96. The van der Waals surface area contributed by atoms with Crippen LogP contribution in [0.1, 0.15) is 75.6 Å². The van der Waals surface area contributed by atoms with Crippen molar-refractivity contribution in [3.8, 4) is 0 Å². The lowest BCUT2D eigenvalue weighted by molar-refractivity contribution is -0.360. The Hall–Kier alpha value is -2.50. The SMILES string of the molecule is CC(COOC(C)(C)c1ccccc1)c1cccc(C(C)COOC(C)(C)c2ccccc2)c1. The third kappa shape index (κ3) is 7.25. The van der Waals surface area contributed by atoms with Gasteiger partial charge in [0, 0.05) is 11.8 Å². The molecule has 0 N–H and O–H groups in total. The van der Waals surface area contributed by atoms with Gasteiger partial charge in [0.05, 0.1) is 13.2 Å². The lowest BCUT2D eigenvalue weighted by Gasteiger charge is -2.25. The maximum absolute atomic E-state index is 5.77. The van der Waals surface area contributed by atoms with Gasteiger partial charge in [-0.2, -0.15) is 0 Å². The number of hydrogen-bond donors (Lipinski definition) is 0. The Kier molecular flexibility index (Phi) is 9.03. The minimum atomic E-state index is -0.512. The van der Waals surface area contributed by atoms with Gasteiger partial charge in [-0.25, -0.2) is 19.6 Å². The first-order chi connectivity index (χ1) is 16.2. The Bertz CT molecular complexity index is 920. The molecule has 0 amide bonds. The van der Waals surface area contributed by atoms with Crippen LogP contribution in [0, 0.1) is 0 Å². The molecule has 34 heavy (non-hydrogen) atoms. The van der Waals surface area contributed by atoms with Crippen molar-refractivity contribution in [1.82, 2.24) is 0 Å². The molecule has 0 aliphatic rings. The minimum Gasteiger partial charge on any atom is -0.235 e. The molecule has 3 aromatic carbocycles. The van der Waals surface area contributed by atoms with Crippen LogP contribution in [-0.2, 0) is 30.8 Å². The van der Waals surface area contributed by atoms with Crippen LogP contribution < -0.4 is 0 Å². The predicted octanol–water partition coefficient (Wildman–Crippen LogP) is 7.66. The fourth-order valence-corrected chi connectivity index (χ4v) is 3.71. The molecule has 3 rings (SSSR count). The lowest BCUT2D eigenvalue weighted by Crippen LogP contribution is -2.23. The molecule has 0 saturated heterocycles. The van der Waals surface area contributed by atoms with Crippen molar-refractivity contribution >= 4 is 0 Å². The number of rotatable bonds is 12. The molecule has 182 valence electrons. The molecule has 2 atom stereocenters. The van der Waals surface area contributed by atoms with E-state index in [-0.39, 0.29) is 11.8 Å². The zero-order chi connectivity index (χ0) is 24.6. The normalized spacial score (nSPS) is 14.1. The average Bonchev–Trinajstić information content (AvgIpc) is 2.85. The fraction of sp³-hybridized carbons (Fsp3) is 0.400. The van der Waals surface area contributed by atoms with Gasteiger partial charge in [0.2, 0.25) is 0 Å². The first-order valence-electron chi connectivity index (χ1n) is 12.0. The summed E-state index contributed by atoms with van der Waals surface area (Å²) >= 11 is 0.